The minimum Gasteiger partial charge on any atom is -0.457 e. The van der Waals surface area contributed by atoms with Gasteiger partial charge in [-0.05, 0) is 89.6 Å². The fourth-order valence-corrected chi connectivity index (χ4v) is 22.6. The third-order valence-electron chi connectivity index (χ3n) is 16.3. The summed E-state index contributed by atoms with van der Waals surface area (Å²) in [6.45, 7) is 10.7. The van der Waals surface area contributed by atoms with Gasteiger partial charge < -0.3 is 40.3 Å². The summed E-state index contributed by atoms with van der Waals surface area (Å²) in [5.41, 5.74) is 14.1. The predicted molar refractivity (Wildman–Crippen MR) is 376 cm³/mol. The molecule has 2 amide bonds. The monoisotopic (exact) mass is 1280 g/mol. The van der Waals surface area contributed by atoms with Gasteiger partial charge in [-0.15, -0.1) is 0 Å². The first-order chi connectivity index (χ1) is 44.3. The Morgan fingerprint density at radius 2 is 0.783 bits per heavy atom. The number of hydrogen-bond acceptors (Lipinski definition) is 12. The lowest BCUT2D eigenvalue weighted by Crippen LogP contribution is -2.69. The van der Waals surface area contributed by atoms with Gasteiger partial charge in [-0.1, -0.05) is 232 Å². The van der Waals surface area contributed by atoms with Crippen LogP contribution in [0.4, 0.5) is 11.4 Å². The quantitative estimate of drug-likeness (QED) is 0.00983. The molecule has 2 aliphatic rings. The Morgan fingerprint density at radius 3 is 1.05 bits per heavy atom. The molecule has 0 bridgehead atoms. The summed E-state index contributed by atoms with van der Waals surface area (Å²) in [7, 11) is -2.09. The van der Waals surface area contributed by atoms with E-state index in [-0.39, 0.29) is 54.4 Å². The molecule has 92 heavy (non-hydrogen) atoms. The lowest BCUT2D eigenvalue weighted by atomic mass is 9.79. The van der Waals surface area contributed by atoms with Gasteiger partial charge in [0.15, 0.2) is 19.9 Å². The number of rotatable bonds is 24. The van der Waals surface area contributed by atoms with E-state index in [1.165, 1.54) is 24.0 Å². The molecule has 0 aliphatic carbocycles. The molecule has 0 unspecified atom stereocenters. The number of β-lactam (4-membered cyclic amide) rings is 2. The molecule has 0 aromatic heterocycles. The van der Waals surface area contributed by atoms with Crippen molar-refractivity contribution in [2.24, 2.45) is 11.8 Å². The van der Waals surface area contributed by atoms with Crippen LogP contribution in [-0.2, 0) is 33.1 Å². The zero-order chi connectivity index (χ0) is 65.7. The molecule has 17 heteroatoms. The predicted octanol–water partition coefficient (Wildman–Crippen LogP) is 9.66. The van der Waals surface area contributed by atoms with Gasteiger partial charge in [-0.25, -0.2) is 9.59 Å². The topological polar surface area (TPSA) is 209 Å². The van der Waals surface area contributed by atoms with Crippen LogP contribution in [0.5, 0.6) is 0 Å². The normalized spacial score (nSPS) is 16.8. The number of carbonyl (C=O) groups excluding carboxylic acids is 6. The van der Waals surface area contributed by atoms with Gasteiger partial charge in [0.25, 0.3) is 0 Å². The number of carbonyl (C=O) groups is 6. The van der Waals surface area contributed by atoms with Crippen molar-refractivity contribution >= 4 is 111 Å². The standard InChI is InChI=1S/C39H43N2O5PSi.C36H35N2O5P/c1-6-25-45-39(44)38(47(31-19-10-7-11-20-31,32-21-12-8-13-22-32)33-23-14-9-15-24-33)41-34(27-35(42)29-17-16-18-30(40)26-29)36(37(41)43)28(2)46-48(3,4)5;1-3-22-43-36(42)35(38-31(33(25(2)39)34(38)41)24-32(40)26-14-13-15-27(37)23-26)44(28-16-7-4-8-17-28,29-18-9-5-10-19-29)30-20-11-6-12-21-30/h6-24,26,28,34,36H,1,25,27,40H2,2-5H3;3-21,23,25,31,33,39H,1,22,24,37H2,2H3/t28-,34-,36-;25-,31-,33-/m11/s1. The number of aliphatic hydroxyl groups is 1. The number of nitrogen functional groups attached to an aromatic ring is 2. The zero-order valence-corrected chi connectivity index (χ0v) is 55.2. The summed E-state index contributed by atoms with van der Waals surface area (Å²) in [6, 6.07) is 70.2. The van der Waals surface area contributed by atoms with Crippen molar-refractivity contribution in [3.05, 3.63) is 267 Å². The Balaban J connectivity index is 0.000000218. The number of ether oxygens (including phenoxy) is 2. The fourth-order valence-electron chi connectivity index (χ4n) is 12.5. The van der Waals surface area contributed by atoms with Crippen LogP contribution in [0.1, 0.15) is 47.4 Å². The van der Waals surface area contributed by atoms with E-state index < -0.39 is 76.1 Å². The number of amides is 2. The van der Waals surface area contributed by atoms with Crippen LogP contribution in [0.25, 0.3) is 0 Å². The zero-order valence-electron chi connectivity index (χ0n) is 52.4. The minimum atomic E-state index is -3.14. The highest BCUT2D eigenvalue weighted by Gasteiger charge is 2.58. The average Bonchev–Trinajstić information content (AvgIpc) is 0.712. The Kier molecular flexibility index (Phi) is 21.8. The summed E-state index contributed by atoms with van der Waals surface area (Å²) in [5.74, 6) is -4.03. The maximum absolute atomic E-state index is 14.7. The van der Waals surface area contributed by atoms with Crippen molar-refractivity contribution in [2.75, 3.05) is 24.7 Å². The van der Waals surface area contributed by atoms with Gasteiger partial charge in [0, 0.05) is 49.1 Å². The average molecular weight is 1290 g/mol. The molecule has 0 saturated carbocycles. The van der Waals surface area contributed by atoms with Crippen LogP contribution in [0.2, 0.25) is 19.6 Å². The Bertz CT molecular complexity index is 3890. The second kappa shape index (κ2) is 29.8. The molecule has 0 spiro atoms. The number of aliphatic hydroxyl groups excluding tert-OH is 1. The van der Waals surface area contributed by atoms with Crippen LogP contribution in [0, 0.1) is 11.8 Å². The van der Waals surface area contributed by atoms with Crippen LogP contribution in [0.15, 0.2) is 256 Å². The molecule has 8 aromatic carbocycles. The van der Waals surface area contributed by atoms with E-state index in [9.17, 15) is 33.9 Å². The number of esters is 2. The first-order valence-electron chi connectivity index (χ1n) is 30.5. The van der Waals surface area contributed by atoms with Gasteiger partial charge in [-0.2, -0.15) is 0 Å². The van der Waals surface area contributed by atoms with E-state index in [1.54, 1.807) is 53.4 Å². The molecule has 2 heterocycles. The summed E-state index contributed by atoms with van der Waals surface area (Å²) in [5, 5.41) is 15.9. The van der Waals surface area contributed by atoms with Crippen LogP contribution in [0.3, 0.4) is 0 Å². The number of nitrogens with zero attached hydrogens (tertiary/aromatic N) is 2. The van der Waals surface area contributed by atoms with Crippen LogP contribution in [-0.4, -0.2) is 107 Å². The van der Waals surface area contributed by atoms with Crippen molar-refractivity contribution < 1.29 is 47.8 Å². The molecule has 2 aliphatic heterocycles. The van der Waals surface area contributed by atoms with Gasteiger partial charge >= 0.3 is 11.9 Å². The van der Waals surface area contributed by atoms with E-state index in [1.807, 2.05) is 189 Å². The molecule has 14 nitrogen and oxygen atoms in total. The molecule has 6 atom stereocenters. The molecule has 2 saturated heterocycles. The van der Waals surface area contributed by atoms with E-state index in [0.717, 1.165) is 31.8 Å². The largest absolute Gasteiger partial charge is 0.457 e. The van der Waals surface area contributed by atoms with E-state index in [4.69, 9.17) is 25.4 Å². The highest BCUT2D eigenvalue weighted by Crippen LogP contribution is 2.52. The van der Waals surface area contributed by atoms with Crippen LogP contribution < -0.4 is 43.3 Å². The Labute approximate surface area is 540 Å². The lowest BCUT2D eigenvalue weighted by Gasteiger charge is -2.52. The third-order valence-corrected chi connectivity index (χ3v) is 25.9. The molecule has 5 N–H and O–H groups in total. The Hall–Kier alpha value is -9.20. The van der Waals surface area contributed by atoms with E-state index in [2.05, 4.69) is 32.8 Å². The smallest absolute Gasteiger partial charge is 0.356 e. The molecule has 472 valence electrons. The van der Waals surface area contributed by atoms with Gasteiger partial charge in [0.2, 0.25) is 11.8 Å². The lowest BCUT2D eigenvalue weighted by molar-refractivity contribution is -0.157. The molecule has 0 radical (unpaired) electrons. The first-order valence-corrected chi connectivity index (χ1v) is 37.5. The maximum Gasteiger partial charge on any atom is 0.356 e. The van der Waals surface area contributed by atoms with Gasteiger partial charge in [-0.3, -0.25) is 19.2 Å². The van der Waals surface area contributed by atoms with Crippen molar-refractivity contribution in [3.8, 4) is 0 Å². The number of benzene rings is 8. The van der Waals surface area contributed by atoms with Gasteiger partial charge in [0.05, 0.1) is 36.1 Å². The third kappa shape index (κ3) is 14.0. The molecule has 8 aromatic rings. The first kappa shape index (κ1) is 67.2. The molecule has 10 rings (SSSR count). The number of Topliss-reactive ketones (excluding diaryl/α,β-unsaturated/α-hetero) is 2. The highest BCUT2D eigenvalue weighted by atomic mass is 31.2. The number of hydrogen-bond donors (Lipinski definition) is 3. The molecule has 2 fully saturated rings. The number of ketones is 2. The van der Waals surface area contributed by atoms with Crippen molar-refractivity contribution in [2.45, 2.75) is 70.6 Å². The van der Waals surface area contributed by atoms with Gasteiger partial charge in [0.1, 0.15) is 24.0 Å². The minimum absolute atomic E-state index is 0.0319. The fraction of sp³-hybridized carbons (Fsp3) is 0.200. The number of nitrogens with two attached hydrogens (primary N) is 2. The highest BCUT2D eigenvalue weighted by molar-refractivity contribution is 7.97. The van der Waals surface area contributed by atoms with E-state index in [0.29, 0.717) is 22.5 Å². The second-order valence-corrected chi connectivity index (χ2v) is 34.6. The summed E-state index contributed by atoms with van der Waals surface area (Å²) < 4.78 is 18.1. The second-order valence-electron chi connectivity index (χ2n) is 23.6. The molecular weight excluding hydrogens is 1210 g/mol. The summed E-state index contributed by atoms with van der Waals surface area (Å²) in [4.78, 5) is 88.6. The maximum atomic E-state index is 14.7. The Morgan fingerprint density at radius 1 is 0.489 bits per heavy atom. The summed E-state index contributed by atoms with van der Waals surface area (Å²) in [6.07, 6.45) is 1.29. The van der Waals surface area contributed by atoms with Crippen molar-refractivity contribution in [1.82, 2.24) is 9.80 Å². The summed E-state index contributed by atoms with van der Waals surface area (Å²) >= 11 is 0. The number of likely N-dealkylation sites (tertiary alicyclic amines) is 2. The van der Waals surface area contributed by atoms with E-state index >= 15 is 0 Å². The molecular formula is C75H78N4O10P2Si. The number of anilines is 2. The van der Waals surface area contributed by atoms with Crippen molar-refractivity contribution in [3.63, 3.8) is 0 Å². The van der Waals surface area contributed by atoms with Crippen LogP contribution >= 0.6 is 13.8 Å². The SMILES string of the molecule is C=CCOC(=O)C(N1C(=O)[C@H]([C@@H](C)O)[C@H]1CC(=O)c1cccc(N)c1)=P(c1ccccc1)(c1ccccc1)c1ccccc1.C=CCOC(=O)C(N1C(=O)[C@H]([C@@H](C)O[Si](C)(C)C)[C@H]1CC(=O)c1cccc(N)c1)=P(c1ccccc1)(c1ccccc1)c1ccccc1. The van der Waals surface area contributed by atoms with Crippen molar-refractivity contribution in [1.29, 1.82) is 0 Å².